The van der Waals surface area contributed by atoms with E-state index in [4.69, 9.17) is 27.9 Å². The van der Waals surface area contributed by atoms with Crippen molar-refractivity contribution in [2.24, 2.45) is 0 Å². The molecule has 0 unspecified atom stereocenters. The van der Waals surface area contributed by atoms with Gasteiger partial charge in [0.05, 0.1) is 13.3 Å². The number of likely N-dealkylation sites (N-methyl/N-ethyl adjacent to an activating group) is 1. The molecule has 0 bridgehead atoms. The topological polar surface area (TPSA) is 54.4 Å². The molecular weight excluding hydrogens is 369 g/mol. The van der Waals surface area contributed by atoms with E-state index in [0.717, 1.165) is 31.9 Å². The average molecular weight is 386 g/mol. The van der Waals surface area contributed by atoms with Gasteiger partial charge in [-0.15, -0.1) is 0 Å². The van der Waals surface area contributed by atoms with Crippen LogP contribution in [-0.2, 0) is 0 Å². The molecule has 6 nitrogen and oxygen atoms in total. The van der Waals surface area contributed by atoms with Gasteiger partial charge in [0.2, 0.25) is 5.88 Å². The Morgan fingerprint density at radius 3 is 2.54 bits per heavy atom. The molecule has 3 heterocycles. The first-order valence-electron chi connectivity index (χ1n) is 7.40. The first-order valence-corrected chi connectivity index (χ1v) is 8.98. The van der Waals surface area contributed by atoms with Crippen molar-refractivity contribution in [2.75, 3.05) is 45.2 Å². The molecule has 1 aliphatic heterocycles. The smallest absolute Gasteiger partial charge is 0.241 e. The summed E-state index contributed by atoms with van der Waals surface area (Å²) in [5, 5.41) is 2.04. The molecule has 0 spiro atoms. The second-order valence-corrected chi connectivity index (χ2v) is 7.20. The molecule has 0 saturated carbocycles. The van der Waals surface area contributed by atoms with Crippen LogP contribution in [0.15, 0.2) is 28.5 Å². The van der Waals surface area contributed by atoms with Gasteiger partial charge in [0, 0.05) is 31.2 Å². The van der Waals surface area contributed by atoms with Crippen molar-refractivity contribution in [1.29, 1.82) is 0 Å². The summed E-state index contributed by atoms with van der Waals surface area (Å²) < 4.78 is 5.46. The number of rotatable bonds is 4. The molecular formula is C15H17Cl2N5OS. The van der Waals surface area contributed by atoms with Gasteiger partial charge in [-0.1, -0.05) is 23.2 Å². The fourth-order valence-corrected chi connectivity index (χ4v) is 3.73. The Morgan fingerprint density at radius 1 is 1.12 bits per heavy atom. The largest absolute Gasteiger partial charge is 0.479 e. The van der Waals surface area contributed by atoms with Gasteiger partial charge in [-0.05, 0) is 30.9 Å². The maximum atomic E-state index is 6.00. The van der Waals surface area contributed by atoms with Gasteiger partial charge in [0.1, 0.15) is 15.9 Å². The zero-order valence-electron chi connectivity index (χ0n) is 13.4. The lowest BCUT2D eigenvalue weighted by molar-refractivity contribution is 0.310. The number of piperazine rings is 1. The Morgan fingerprint density at radius 2 is 1.88 bits per heavy atom. The Labute approximate surface area is 155 Å². The number of hydrogen-bond acceptors (Lipinski definition) is 7. The van der Waals surface area contributed by atoms with Crippen molar-refractivity contribution < 1.29 is 4.74 Å². The summed E-state index contributed by atoms with van der Waals surface area (Å²) in [7, 11) is 3.73. The van der Waals surface area contributed by atoms with Crippen molar-refractivity contribution in [1.82, 2.24) is 19.9 Å². The van der Waals surface area contributed by atoms with Crippen LogP contribution in [0.2, 0.25) is 10.2 Å². The summed E-state index contributed by atoms with van der Waals surface area (Å²) in [5.41, 5.74) is 0.909. The molecule has 2 aromatic rings. The van der Waals surface area contributed by atoms with E-state index in [1.807, 2.05) is 0 Å². The van der Waals surface area contributed by atoms with Crippen LogP contribution in [-0.4, -0.2) is 60.2 Å². The minimum Gasteiger partial charge on any atom is -0.479 e. The highest BCUT2D eigenvalue weighted by Crippen LogP contribution is 2.32. The monoisotopic (exact) mass is 385 g/mol. The zero-order valence-corrected chi connectivity index (χ0v) is 15.7. The minimum absolute atomic E-state index is 0.339. The van der Waals surface area contributed by atoms with E-state index in [9.17, 15) is 0 Å². The number of aromatic nitrogens is 3. The number of methoxy groups -OCH3 is 1. The van der Waals surface area contributed by atoms with Crippen LogP contribution < -0.4 is 9.64 Å². The van der Waals surface area contributed by atoms with Crippen molar-refractivity contribution in [3.8, 4) is 5.88 Å². The van der Waals surface area contributed by atoms with Crippen molar-refractivity contribution in [3.63, 3.8) is 0 Å². The standard InChI is InChI=1S/C15H17Cl2N5OS/c1-21-3-5-22(6-4-21)11-9-18-15(20-14(11)23-2)24-13-8-10(16)7-12(17)19-13/h7-9H,3-6H2,1-2H3. The average Bonchev–Trinajstić information content (AvgIpc) is 2.54. The van der Waals surface area contributed by atoms with Crippen molar-refractivity contribution in [2.45, 2.75) is 10.2 Å². The predicted molar refractivity (Wildman–Crippen MR) is 96.7 cm³/mol. The maximum Gasteiger partial charge on any atom is 0.241 e. The molecule has 0 amide bonds. The van der Waals surface area contributed by atoms with Crippen LogP contribution in [0.25, 0.3) is 0 Å². The van der Waals surface area contributed by atoms with E-state index in [0.29, 0.717) is 26.2 Å². The summed E-state index contributed by atoms with van der Waals surface area (Å²) >= 11 is 13.2. The van der Waals surface area contributed by atoms with E-state index >= 15 is 0 Å². The number of hydrogen-bond donors (Lipinski definition) is 0. The van der Waals surface area contributed by atoms with Gasteiger partial charge < -0.3 is 14.5 Å². The Balaban J connectivity index is 1.81. The lowest BCUT2D eigenvalue weighted by Gasteiger charge is -2.34. The zero-order chi connectivity index (χ0) is 17.1. The Kier molecular flexibility index (Phi) is 5.65. The summed E-state index contributed by atoms with van der Waals surface area (Å²) in [4.78, 5) is 17.7. The minimum atomic E-state index is 0.339. The van der Waals surface area contributed by atoms with E-state index < -0.39 is 0 Å². The first kappa shape index (κ1) is 17.5. The molecule has 0 aromatic carbocycles. The molecule has 1 aliphatic rings. The van der Waals surface area contributed by atoms with Crippen LogP contribution in [0.4, 0.5) is 5.69 Å². The van der Waals surface area contributed by atoms with Gasteiger partial charge in [0.25, 0.3) is 0 Å². The molecule has 2 aromatic heterocycles. The molecule has 0 aliphatic carbocycles. The molecule has 0 atom stereocenters. The Hall–Kier alpha value is -1.28. The van der Waals surface area contributed by atoms with Crippen molar-refractivity contribution in [3.05, 3.63) is 28.5 Å². The third-order valence-electron chi connectivity index (χ3n) is 3.68. The third-order valence-corrected chi connectivity index (χ3v) is 4.89. The fraction of sp³-hybridized carbons (Fsp3) is 0.400. The molecule has 9 heteroatoms. The number of ether oxygens (including phenoxy) is 1. The molecule has 128 valence electrons. The molecule has 1 fully saturated rings. The fourth-order valence-electron chi connectivity index (χ4n) is 2.40. The summed E-state index contributed by atoms with van der Waals surface area (Å²) in [6.45, 7) is 3.86. The highest BCUT2D eigenvalue weighted by atomic mass is 35.5. The first-order chi connectivity index (χ1) is 11.5. The van der Waals surface area contributed by atoms with Gasteiger partial charge in [-0.3, -0.25) is 0 Å². The van der Waals surface area contributed by atoms with Gasteiger partial charge in [-0.2, -0.15) is 4.98 Å². The second-order valence-electron chi connectivity index (χ2n) is 5.39. The van der Waals surface area contributed by atoms with E-state index in [1.165, 1.54) is 11.8 Å². The number of pyridine rings is 1. The quantitative estimate of drug-likeness (QED) is 0.591. The van der Waals surface area contributed by atoms with Crippen LogP contribution in [0.3, 0.4) is 0 Å². The highest BCUT2D eigenvalue weighted by Gasteiger charge is 2.20. The summed E-state index contributed by atoms with van der Waals surface area (Å²) in [6.07, 6.45) is 1.80. The lowest BCUT2D eigenvalue weighted by atomic mass is 10.3. The van der Waals surface area contributed by atoms with Crippen LogP contribution in [0, 0.1) is 0 Å². The normalized spacial score (nSPS) is 15.6. The number of nitrogens with zero attached hydrogens (tertiary/aromatic N) is 5. The summed E-state index contributed by atoms with van der Waals surface area (Å²) in [5.74, 6) is 0.560. The van der Waals surface area contributed by atoms with Crippen LogP contribution >= 0.6 is 35.0 Å². The van der Waals surface area contributed by atoms with Gasteiger partial charge >= 0.3 is 0 Å². The molecule has 0 radical (unpaired) electrons. The SMILES string of the molecule is COc1nc(Sc2cc(Cl)cc(Cl)n2)ncc1N1CCN(C)CC1. The lowest BCUT2D eigenvalue weighted by Crippen LogP contribution is -2.44. The summed E-state index contributed by atoms with van der Waals surface area (Å²) in [6, 6.07) is 3.31. The van der Waals surface area contributed by atoms with E-state index in [-0.39, 0.29) is 0 Å². The van der Waals surface area contributed by atoms with Gasteiger partial charge in [0.15, 0.2) is 5.16 Å². The molecule has 0 N–H and O–H groups in total. The molecule has 1 saturated heterocycles. The number of halogens is 2. The van der Waals surface area contributed by atoms with Crippen molar-refractivity contribution >= 4 is 40.7 Å². The maximum absolute atomic E-state index is 6.00. The second kappa shape index (κ2) is 7.74. The number of anilines is 1. The van der Waals surface area contributed by atoms with Crippen LogP contribution in [0.5, 0.6) is 5.88 Å². The van der Waals surface area contributed by atoms with Crippen LogP contribution in [0.1, 0.15) is 0 Å². The van der Waals surface area contributed by atoms with Gasteiger partial charge in [-0.25, -0.2) is 9.97 Å². The van der Waals surface area contributed by atoms with E-state index in [1.54, 1.807) is 25.4 Å². The molecule has 24 heavy (non-hydrogen) atoms. The molecule has 3 rings (SSSR count). The predicted octanol–water partition coefficient (Wildman–Crippen LogP) is 3.09. The van der Waals surface area contributed by atoms with E-state index in [2.05, 4.69) is 31.8 Å². The highest BCUT2D eigenvalue weighted by molar-refractivity contribution is 7.99. The third kappa shape index (κ3) is 4.22. The Bertz CT molecular complexity index is 705.